The van der Waals surface area contributed by atoms with E-state index in [-0.39, 0.29) is 19.0 Å². The van der Waals surface area contributed by atoms with Gasteiger partial charge in [-0.25, -0.2) is 0 Å². The van der Waals surface area contributed by atoms with Gasteiger partial charge in [0.25, 0.3) is 0 Å². The molecule has 1 amide bonds. The summed E-state index contributed by atoms with van der Waals surface area (Å²) in [6, 6.07) is 0. The molecule has 11 heavy (non-hydrogen) atoms. The van der Waals surface area contributed by atoms with Gasteiger partial charge in [-0.05, 0) is 6.92 Å². The van der Waals surface area contributed by atoms with E-state index in [1.54, 1.807) is 0 Å². The summed E-state index contributed by atoms with van der Waals surface area (Å²) >= 11 is 0. The van der Waals surface area contributed by atoms with Gasteiger partial charge in [-0.2, -0.15) is 0 Å². The molecule has 1 saturated heterocycles. The summed E-state index contributed by atoms with van der Waals surface area (Å²) in [4.78, 5) is 21.2. The van der Waals surface area contributed by atoms with Crippen LogP contribution in [0.5, 0.6) is 0 Å². The Labute approximate surface area is 63.8 Å². The minimum absolute atomic E-state index is 0.0722. The first-order chi connectivity index (χ1) is 5.04. The van der Waals surface area contributed by atoms with Crippen molar-refractivity contribution < 1.29 is 14.7 Å². The Hall–Kier alpha value is -1.10. The van der Waals surface area contributed by atoms with Crippen molar-refractivity contribution >= 4 is 11.9 Å². The number of hydrogen-bond donors (Lipinski definition) is 3. The average molecular weight is 158 g/mol. The molecule has 5 heteroatoms. The van der Waals surface area contributed by atoms with Crippen molar-refractivity contribution in [1.82, 2.24) is 10.6 Å². The Morgan fingerprint density at radius 3 is 2.73 bits per heavy atom. The minimum Gasteiger partial charge on any atom is -0.480 e. The number of aliphatic carboxylic acids is 1. The summed E-state index contributed by atoms with van der Waals surface area (Å²) in [5.41, 5.74) is -1.01. The largest absolute Gasteiger partial charge is 0.480 e. The second-order valence-electron chi connectivity index (χ2n) is 2.77. The average Bonchev–Trinajstić information content (AvgIpc) is 1.95. The molecule has 5 nitrogen and oxygen atoms in total. The van der Waals surface area contributed by atoms with Gasteiger partial charge < -0.3 is 10.4 Å². The highest BCUT2D eigenvalue weighted by molar-refractivity contribution is 5.85. The van der Waals surface area contributed by atoms with Crippen LogP contribution in [0.15, 0.2) is 0 Å². The molecule has 1 atom stereocenters. The third-order valence-electron chi connectivity index (χ3n) is 1.75. The first kappa shape index (κ1) is 8.00. The zero-order chi connectivity index (χ0) is 8.48. The van der Waals surface area contributed by atoms with Crippen LogP contribution in [-0.4, -0.2) is 35.6 Å². The van der Waals surface area contributed by atoms with Gasteiger partial charge in [0, 0.05) is 6.54 Å². The molecule has 62 valence electrons. The van der Waals surface area contributed by atoms with Crippen LogP contribution in [0.4, 0.5) is 0 Å². The van der Waals surface area contributed by atoms with Crippen molar-refractivity contribution in [3.05, 3.63) is 0 Å². The lowest BCUT2D eigenvalue weighted by molar-refractivity contribution is -0.145. The maximum atomic E-state index is 10.6. The Bertz CT molecular complexity index is 192. The number of carbonyl (C=O) groups is 2. The Morgan fingerprint density at radius 2 is 2.36 bits per heavy atom. The third kappa shape index (κ3) is 1.48. The van der Waals surface area contributed by atoms with E-state index in [9.17, 15) is 9.59 Å². The molecule has 0 bridgehead atoms. The van der Waals surface area contributed by atoms with Crippen LogP contribution in [0, 0.1) is 0 Å². The molecule has 3 N–H and O–H groups in total. The lowest BCUT2D eigenvalue weighted by Crippen LogP contribution is -2.63. The number of piperazine rings is 1. The molecule has 1 heterocycles. The third-order valence-corrected chi connectivity index (χ3v) is 1.75. The second kappa shape index (κ2) is 2.50. The molecule has 0 aromatic carbocycles. The molecule has 1 aliphatic heterocycles. The Balaban J connectivity index is 2.62. The Morgan fingerprint density at radius 1 is 1.73 bits per heavy atom. The van der Waals surface area contributed by atoms with Gasteiger partial charge in [0.1, 0.15) is 5.54 Å². The first-order valence-electron chi connectivity index (χ1n) is 3.30. The van der Waals surface area contributed by atoms with Crippen LogP contribution in [0.1, 0.15) is 6.92 Å². The molecule has 0 radical (unpaired) electrons. The number of carbonyl (C=O) groups excluding carboxylic acids is 1. The number of hydrogen-bond acceptors (Lipinski definition) is 3. The van der Waals surface area contributed by atoms with Gasteiger partial charge in [-0.3, -0.25) is 14.9 Å². The molecule has 1 rings (SSSR count). The first-order valence-corrected chi connectivity index (χ1v) is 3.30. The van der Waals surface area contributed by atoms with Gasteiger partial charge in [0.2, 0.25) is 5.91 Å². The summed E-state index contributed by atoms with van der Waals surface area (Å²) in [5, 5.41) is 13.8. The summed E-state index contributed by atoms with van der Waals surface area (Å²) < 4.78 is 0. The second-order valence-corrected chi connectivity index (χ2v) is 2.77. The van der Waals surface area contributed by atoms with Gasteiger partial charge in [-0.15, -0.1) is 0 Å². The number of amides is 1. The monoisotopic (exact) mass is 158 g/mol. The van der Waals surface area contributed by atoms with Crippen molar-refractivity contribution in [2.45, 2.75) is 12.5 Å². The summed E-state index contributed by atoms with van der Waals surface area (Å²) in [7, 11) is 0. The number of carboxylic acids is 1. The summed E-state index contributed by atoms with van der Waals surface area (Å²) in [5.74, 6) is -1.11. The number of rotatable bonds is 1. The topological polar surface area (TPSA) is 78.4 Å². The standard InChI is InChI=1S/C6H10N2O3/c1-6(5(10)11)3-7-4(9)2-8-6/h8H,2-3H2,1H3,(H,7,9)(H,10,11). The lowest BCUT2D eigenvalue weighted by Gasteiger charge is -2.30. The van der Waals surface area contributed by atoms with E-state index < -0.39 is 11.5 Å². The maximum Gasteiger partial charge on any atom is 0.325 e. The highest BCUT2D eigenvalue weighted by Gasteiger charge is 2.36. The normalized spacial score (nSPS) is 31.2. The van der Waals surface area contributed by atoms with Crippen molar-refractivity contribution in [3.8, 4) is 0 Å². The molecule has 1 fully saturated rings. The van der Waals surface area contributed by atoms with Crippen molar-refractivity contribution in [2.75, 3.05) is 13.1 Å². The van der Waals surface area contributed by atoms with Gasteiger partial charge >= 0.3 is 5.97 Å². The zero-order valence-corrected chi connectivity index (χ0v) is 6.18. The molecule has 0 spiro atoms. The van der Waals surface area contributed by atoms with E-state index in [2.05, 4.69) is 10.6 Å². The van der Waals surface area contributed by atoms with Crippen LogP contribution in [0.2, 0.25) is 0 Å². The van der Waals surface area contributed by atoms with Crippen LogP contribution < -0.4 is 10.6 Å². The molecular formula is C6H10N2O3. The predicted molar refractivity (Wildman–Crippen MR) is 37.1 cm³/mol. The van der Waals surface area contributed by atoms with E-state index in [1.165, 1.54) is 6.92 Å². The number of nitrogens with one attached hydrogen (secondary N) is 2. The van der Waals surface area contributed by atoms with E-state index in [4.69, 9.17) is 5.11 Å². The van der Waals surface area contributed by atoms with Crippen molar-refractivity contribution in [2.24, 2.45) is 0 Å². The van der Waals surface area contributed by atoms with Crippen LogP contribution >= 0.6 is 0 Å². The smallest absolute Gasteiger partial charge is 0.325 e. The highest BCUT2D eigenvalue weighted by Crippen LogP contribution is 2.04. The molecular weight excluding hydrogens is 148 g/mol. The van der Waals surface area contributed by atoms with Gasteiger partial charge in [0.15, 0.2) is 0 Å². The highest BCUT2D eigenvalue weighted by atomic mass is 16.4. The van der Waals surface area contributed by atoms with Crippen molar-refractivity contribution in [1.29, 1.82) is 0 Å². The van der Waals surface area contributed by atoms with Crippen LogP contribution in [0.3, 0.4) is 0 Å². The fourth-order valence-electron chi connectivity index (χ4n) is 0.827. The Kier molecular flexibility index (Phi) is 1.82. The SMILES string of the molecule is CC1(C(=O)O)CNC(=O)CN1. The predicted octanol–water partition coefficient (Wildman–Crippen LogP) is -1.45. The quantitative estimate of drug-likeness (QED) is 0.436. The molecule has 1 unspecified atom stereocenters. The fraction of sp³-hybridized carbons (Fsp3) is 0.667. The molecule has 1 aliphatic rings. The summed E-state index contributed by atoms with van der Waals surface area (Å²) in [6.07, 6.45) is 0. The van der Waals surface area contributed by atoms with E-state index in [1.807, 2.05) is 0 Å². The number of carboxylic acid groups (broad SMARTS) is 1. The van der Waals surface area contributed by atoms with Crippen LogP contribution in [0.25, 0.3) is 0 Å². The van der Waals surface area contributed by atoms with E-state index in [0.29, 0.717) is 0 Å². The van der Waals surface area contributed by atoms with Gasteiger partial charge in [-0.1, -0.05) is 0 Å². The maximum absolute atomic E-state index is 10.6. The molecule has 0 aromatic heterocycles. The fourth-order valence-corrected chi connectivity index (χ4v) is 0.827. The lowest BCUT2D eigenvalue weighted by atomic mass is 10.0. The minimum atomic E-state index is -1.01. The zero-order valence-electron chi connectivity index (χ0n) is 6.18. The van der Waals surface area contributed by atoms with Gasteiger partial charge in [0.05, 0.1) is 6.54 Å². The molecule has 0 aliphatic carbocycles. The van der Waals surface area contributed by atoms with Crippen molar-refractivity contribution in [3.63, 3.8) is 0 Å². The molecule has 0 aromatic rings. The molecule has 0 saturated carbocycles. The van der Waals surface area contributed by atoms with E-state index >= 15 is 0 Å². The van der Waals surface area contributed by atoms with E-state index in [0.717, 1.165) is 0 Å². The summed E-state index contributed by atoms with van der Waals surface area (Å²) in [6.45, 7) is 1.75. The van der Waals surface area contributed by atoms with Crippen LogP contribution in [-0.2, 0) is 9.59 Å².